The highest BCUT2D eigenvalue weighted by Gasteiger charge is 2.28. The van der Waals surface area contributed by atoms with Gasteiger partial charge in [-0.1, -0.05) is 26.3 Å². The second-order valence-corrected chi connectivity index (χ2v) is 10.4. The predicted molar refractivity (Wildman–Crippen MR) is 108 cm³/mol. The van der Waals surface area contributed by atoms with Gasteiger partial charge in [0.05, 0.1) is 4.90 Å². The Balaban J connectivity index is 2.17. The van der Waals surface area contributed by atoms with Gasteiger partial charge in [0.2, 0.25) is 10.0 Å². The van der Waals surface area contributed by atoms with Gasteiger partial charge in [-0.3, -0.25) is 4.79 Å². The van der Waals surface area contributed by atoms with Crippen LogP contribution in [-0.2, 0) is 10.0 Å². The number of amides is 1. The molecule has 0 aromatic heterocycles. The van der Waals surface area contributed by atoms with Gasteiger partial charge >= 0.3 is 0 Å². The number of benzene rings is 1. The number of aryl methyl sites for hydroxylation is 1. The molecule has 1 fully saturated rings. The Hall–Kier alpha value is -1.44. The van der Waals surface area contributed by atoms with E-state index in [1.54, 1.807) is 23.4 Å². The normalized spacial score (nSPS) is 16.5. The minimum absolute atomic E-state index is 0.0768. The molecule has 1 aromatic rings. The maximum absolute atomic E-state index is 13.0. The molecule has 1 saturated heterocycles. The van der Waals surface area contributed by atoms with Crippen LogP contribution in [0.15, 0.2) is 23.1 Å². The number of piperidine rings is 1. The monoisotopic (exact) mass is 395 g/mol. The van der Waals surface area contributed by atoms with Gasteiger partial charge in [-0.05, 0) is 57.0 Å². The summed E-state index contributed by atoms with van der Waals surface area (Å²) in [4.78, 5) is 14.9. The largest absolute Gasteiger partial charge is 0.351 e. The van der Waals surface area contributed by atoms with Gasteiger partial charge in [0, 0.05) is 31.7 Å². The van der Waals surface area contributed by atoms with Crippen molar-refractivity contribution in [2.45, 2.75) is 44.9 Å². The van der Waals surface area contributed by atoms with Crippen molar-refractivity contribution in [3.05, 3.63) is 29.3 Å². The summed E-state index contributed by atoms with van der Waals surface area (Å²) >= 11 is 0. The van der Waals surface area contributed by atoms with Gasteiger partial charge in [-0.25, -0.2) is 8.42 Å². The van der Waals surface area contributed by atoms with Crippen LogP contribution in [0.5, 0.6) is 0 Å². The number of hydrogen-bond acceptors (Lipinski definition) is 4. The molecule has 0 radical (unpaired) electrons. The van der Waals surface area contributed by atoms with Crippen molar-refractivity contribution in [3.8, 4) is 0 Å². The van der Waals surface area contributed by atoms with Gasteiger partial charge in [0.25, 0.3) is 5.91 Å². The fourth-order valence-corrected chi connectivity index (χ4v) is 5.37. The molecule has 2 rings (SSSR count). The zero-order valence-electron chi connectivity index (χ0n) is 17.2. The average molecular weight is 396 g/mol. The van der Waals surface area contributed by atoms with E-state index in [4.69, 9.17) is 0 Å². The maximum atomic E-state index is 13.0. The van der Waals surface area contributed by atoms with Crippen LogP contribution < -0.4 is 5.32 Å². The molecule has 152 valence electrons. The standard InChI is InChI=1S/C20H33N3O3S/c1-16-9-10-17(19(24)21-14-20(2,3)15-22(4)5)13-18(16)27(25,26)23-11-7-6-8-12-23/h9-10,13H,6-8,11-12,14-15H2,1-5H3,(H,21,24). The number of rotatable bonds is 7. The Morgan fingerprint density at radius 2 is 1.81 bits per heavy atom. The molecule has 7 heteroatoms. The van der Waals surface area contributed by atoms with Gasteiger partial charge in [0.15, 0.2) is 0 Å². The molecule has 0 saturated carbocycles. The van der Waals surface area contributed by atoms with Crippen molar-refractivity contribution < 1.29 is 13.2 Å². The second-order valence-electron chi connectivity index (χ2n) is 8.53. The zero-order valence-corrected chi connectivity index (χ0v) is 18.0. The molecule has 0 aliphatic carbocycles. The number of sulfonamides is 1. The first kappa shape index (κ1) is 21.9. The van der Waals surface area contributed by atoms with Crippen LogP contribution in [0.2, 0.25) is 0 Å². The summed E-state index contributed by atoms with van der Waals surface area (Å²) in [7, 11) is 0.441. The summed E-state index contributed by atoms with van der Waals surface area (Å²) in [5.74, 6) is -0.239. The third-order valence-corrected chi connectivity index (χ3v) is 6.90. The topological polar surface area (TPSA) is 69.7 Å². The molecule has 0 bridgehead atoms. The summed E-state index contributed by atoms with van der Waals surface area (Å²) in [6.45, 7) is 8.43. The number of nitrogens with one attached hydrogen (secondary N) is 1. The van der Waals surface area contributed by atoms with E-state index in [1.807, 2.05) is 14.1 Å². The molecule has 0 unspecified atom stereocenters. The van der Waals surface area contributed by atoms with Crippen molar-refractivity contribution in [1.29, 1.82) is 0 Å². The lowest BCUT2D eigenvalue weighted by atomic mass is 9.93. The van der Waals surface area contributed by atoms with E-state index >= 15 is 0 Å². The maximum Gasteiger partial charge on any atom is 0.251 e. The minimum atomic E-state index is -3.56. The number of carbonyl (C=O) groups is 1. The first-order chi connectivity index (χ1) is 12.5. The Morgan fingerprint density at radius 3 is 2.41 bits per heavy atom. The predicted octanol–water partition coefficient (Wildman–Crippen LogP) is 2.49. The van der Waals surface area contributed by atoms with Crippen molar-refractivity contribution in [2.75, 3.05) is 40.3 Å². The van der Waals surface area contributed by atoms with Gasteiger partial charge in [-0.15, -0.1) is 0 Å². The Labute approximate surface area is 164 Å². The Bertz CT molecular complexity index is 767. The molecule has 1 aliphatic rings. The third kappa shape index (κ3) is 5.77. The molecular formula is C20H33N3O3S. The van der Waals surface area contributed by atoms with E-state index in [9.17, 15) is 13.2 Å². The van der Waals surface area contributed by atoms with Gasteiger partial charge in [0.1, 0.15) is 0 Å². The van der Waals surface area contributed by atoms with Gasteiger partial charge in [-0.2, -0.15) is 4.31 Å². The number of hydrogen-bond donors (Lipinski definition) is 1. The van der Waals surface area contributed by atoms with Gasteiger partial charge < -0.3 is 10.2 Å². The molecule has 27 heavy (non-hydrogen) atoms. The molecule has 1 amide bonds. The van der Waals surface area contributed by atoms with Crippen molar-refractivity contribution in [1.82, 2.24) is 14.5 Å². The number of nitrogens with zero attached hydrogens (tertiary/aromatic N) is 2. The highest BCUT2D eigenvalue weighted by molar-refractivity contribution is 7.89. The second kappa shape index (κ2) is 8.71. The average Bonchev–Trinajstić information content (AvgIpc) is 2.59. The summed E-state index contributed by atoms with van der Waals surface area (Å²) in [6.07, 6.45) is 2.84. The zero-order chi connectivity index (χ0) is 20.2. The lowest BCUT2D eigenvalue weighted by Crippen LogP contribution is -2.40. The van der Waals surface area contributed by atoms with E-state index in [0.717, 1.165) is 25.8 Å². The fourth-order valence-electron chi connectivity index (χ4n) is 3.60. The summed E-state index contributed by atoms with van der Waals surface area (Å²) in [6, 6.07) is 4.93. The smallest absolute Gasteiger partial charge is 0.251 e. The van der Waals surface area contributed by atoms with Crippen molar-refractivity contribution >= 4 is 15.9 Å². The summed E-state index contributed by atoms with van der Waals surface area (Å²) < 4.78 is 27.6. The minimum Gasteiger partial charge on any atom is -0.351 e. The van der Waals surface area contributed by atoms with E-state index in [0.29, 0.717) is 30.8 Å². The molecule has 1 aliphatic heterocycles. The molecule has 1 aromatic carbocycles. The first-order valence-electron chi connectivity index (χ1n) is 9.57. The SMILES string of the molecule is Cc1ccc(C(=O)NCC(C)(C)CN(C)C)cc1S(=O)(=O)N1CCCCC1. The highest BCUT2D eigenvalue weighted by Crippen LogP contribution is 2.24. The molecular weight excluding hydrogens is 362 g/mol. The van der Waals surface area contributed by atoms with E-state index < -0.39 is 10.0 Å². The van der Waals surface area contributed by atoms with Crippen LogP contribution in [0.25, 0.3) is 0 Å². The number of carbonyl (C=O) groups excluding carboxylic acids is 1. The van der Waals surface area contributed by atoms with Crippen LogP contribution in [-0.4, -0.2) is 63.8 Å². The molecule has 6 nitrogen and oxygen atoms in total. The van der Waals surface area contributed by atoms with Crippen LogP contribution >= 0.6 is 0 Å². The van der Waals surface area contributed by atoms with E-state index in [-0.39, 0.29) is 16.2 Å². The molecule has 0 atom stereocenters. The summed E-state index contributed by atoms with van der Waals surface area (Å²) in [5.41, 5.74) is 0.980. The highest BCUT2D eigenvalue weighted by atomic mass is 32.2. The third-order valence-electron chi connectivity index (χ3n) is 4.85. The van der Waals surface area contributed by atoms with E-state index in [1.165, 1.54) is 6.07 Å². The molecule has 0 spiro atoms. The van der Waals surface area contributed by atoms with Crippen LogP contribution in [0.3, 0.4) is 0 Å². The Morgan fingerprint density at radius 1 is 1.19 bits per heavy atom. The lowest BCUT2D eigenvalue weighted by molar-refractivity contribution is 0.0929. The van der Waals surface area contributed by atoms with Crippen molar-refractivity contribution in [2.24, 2.45) is 5.41 Å². The van der Waals surface area contributed by atoms with Crippen LogP contribution in [0, 0.1) is 12.3 Å². The van der Waals surface area contributed by atoms with Crippen molar-refractivity contribution in [3.63, 3.8) is 0 Å². The lowest BCUT2D eigenvalue weighted by Gasteiger charge is -2.28. The molecule has 1 heterocycles. The fraction of sp³-hybridized carbons (Fsp3) is 0.650. The van der Waals surface area contributed by atoms with Crippen LogP contribution in [0.1, 0.15) is 49.0 Å². The quantitative estimate of drug-likeness (QED) is 0.770. The Kier molecular flexibility index (Phi) is 7.05. The van der Waals surface area contributed by atoms with E-state index in [2.05, 4.69) is 24.1 Å². The first-order valence-corrected chi connectivity index (χ1v) is 11.0. The molecule has 1 N–H and O–H groups in total. The van der Waals surface area contributed by atoms with Crippen LogP contribution in [0.4, 0.5) is 0 Å². The summed E-state index contributed by atoms with van der Waals surface area (Å²) in [5, 5.41) is 2.95.